The average Bonchev–Trinajstić information content (AvgIpc) is 2.63. The Morgan fingerprint density at radius 1 is 1.08 bits per heavy atom. The molecule has 0 aliphatic rings. The van der Waals surface area contributed by atoms with E-state index in [1.54, 1.807) is 19.1 Å². The van der Waals surface area contributed by atoms with Crippen LogP contribution in [0.1, 0.15) is 37.0 Å². The quantitative estimate of drug-likeness (QED) is 0.397. The van der Waals surface area contributed by atoms with Gasteiger partial charge in [-0.15, -0.1) is 0 Å². The van der Waals surface area contributed by atoms with Crippen LogP contribution in [0.3, 0.4) is 0 Å². The molecule has 0 spiro atoms. The number of unbranched alkanes of at least 4 members (excludes halogenated alkanes) is 1. The molecule has 2 aromatic carbocycles. The Balaban J connectivity index is 2.09. The normalized spacial score (nSPS) is 10.8. The first kappa shape index (κ1) is 17.7. The second kappa shape index (κ2) is 9.50. The number of carbonyl (C=O) groups excluding carboxylic acids is 1. The van der Waals surface area contributed by atoms with Crippen molar-refractivity contribution in [1.29, 1.82) is 0 Å². The Kier molecular flexibility index (Phi) is 7.02. The van der Waals surface area contributed by atoms with Crippen LogP contribution in [0.5, 0.6) is 0 Å². The van der Waals surface area contributed by atoms with E-state index in [1.165, 1.54) is 0 Å². The molecule has 0 heterocycles. The van der Waals surface area contributed by atoms with Gasteiger partial charge in [0.2, 0.25) is 0 Å². The molecule has 4 heteroatoms. The lowest BCUT2D eigenvalue weighted by molar-refractivity contribution is 0.0526. The predicted molar refractivity (Wildman–Crippen MR) is 99.2 cm³/mol. The molecule has 0 unspecified atom stereocenters. The van der Waals surface area contributed by atoms with E-state index in [4.69, 9.17) is 4.74 Å². The first-order chi connectivity index (χ1) is 11.7. The van der Waals surface area contributed by atoms with Crippen molar-refractivity contribution in [3.63, 3.8) is 0 Å². The molecule has 24 heavy (non-hydrogen) atoms. The van der Waals surface area contributed by atoms with Gasteiger partial charge in [0.05, 0.1) is 24.2 Å². The number of nitrogens with zero attached hydrogens (tertiary/aromatic N) is 2. The molecule has 0 saturated heterocycles. The summed E-state index contributed by atoms with van der Waals surface area (Å²) in [6, 6.07) is 17.3. The van der Waals surface area contributed by atoms with Crippen LogP contribution < -0.4 is 4.90 Å². The van der Waals surface area contributed by atoms with Gasteiger partial charge in [-0.3, -0.25) is 0 Å². The van der Waals surface area contributed by atoms with Crippen LogP contribution in [0, 0.1) is 0 Å². The minimum absolute atomic E-state index is 0.304. The maximum atomic E-state index is 11.7. The third kappa shape index (κ3) is 5.23. The number of para-hydroxylation sites is 1. The molecule has 126 valence electrons. The number of hydrogen-bond acceptors (Lipinski definition) is 3. The highest BCUT2D eigenvalue weighted by Gasteiger charge is 2.06. The molecular weight excluding hydrogens is 300 g/mol. The summed E-state index contributed by atoms with van der Waals surface area (Å²) < 4.78 is 4.98. The number of anilines is 1. The standard InChI is InChI=1S/C20H24N2O2/c1-3-5-15-22(19-9-7-6-8-10-19)16-21-18-13-11-17(12-14-18)20(23)24-4-2/h6-14,16H,3-5,15H2,1-2H3. The molecule has 0 aliphatic carbocycles. The number of hydrogen-bond donors (Lipinski definition) is 0. The van der Waals surface area contributed by atoms with E-state index < -0.39 is 0 Å². The zero-order valence-corrected chi connectivity index (χ0v) is 14.3. The third-order valence-electron chi connectivity index (χ3n) is 3.57. The second-order valence-corrected chi connectivity index (χ2v) is 5.39. The summed E-state index contributed by atoms with van der Waals surface area (Å²) in [5, 5.41) is 0. The molecule has 0 radical (unpaired) electrons. The van der Waals surface area contributed by atoms with E-state index in [9.17, 15) is 4.79 Å². The largest absolute Gasteiger partial charge is 0.462 e. The molecule has 0 bridgehead atoms. The Morgan fingerprint density at radius 2 is 1.79 bits per heavy atom. The number of benzene rings is 2. The molecular formula is C20H24N2O2. The summed E-state index contributed by atoms with van der Waals surface area (Å²) in [5.41, 5.74) is 2.47. The molecule has 0 amide bonds. The summed E-state index contributed by atoms with van der Waals surface area (Å²) in [4.78, 5) is 18.3. The van der Waals surface area contributed by atoms with Gasteiger partial charge in [0.1, 0.15) is 0 Å². The Labute approximate surface area is 143 Å². The van der Waals surface area contributed by atoms with Crippen LogP contribution in [0.4, 0.5) is 11.4 Å². The third-order valence-corrected chi connectivity index (χ3v) is 3.57. The summed E-state index contributed by atoms with van der Waals surface area (Å²) in [5.74, 6) is -0.304. The topological polar surface area (TPSA) is 41.9 Å². The van der Waals surface area contributed by atoms with Gasteiger partial charge >= 0.3 is 5.97 Å². The summed E-state index contributed by atoms with van der Waals surface area (Å²) >= 11 is 0. The van der Waals surface area contributed by atoms with Gasteiger partial charge in [0.25, 0.3) is 0 Å². The highest BCUT2D eigenvalue weighted by Crippen LogP contribution is 2.16. The van der Waals surface area contributed by atoms with Crippen molar-refractivity contribution < 1.29 is 9.53 Å². The van der Waals surface area contributed by atoms with Crippen LogP contribution >= 0.6 is 0 Å². The number of rotatable bonds is 8. The number of aliphatic imine (C=N–C) groups is 1. The monoisotopic (exact) mass is 324 g/mol. The predicted octanol–water partition coefficient (Wildman–Crippen LogP) is 4.83. The van der Waals surface area contributed by atoms with Gasteiger partial charge in [-0.25, -0.2) is 9.79 Å². The van der Waals surface area contributed by atoms with E-state index in [0.717, 1.165) is 30.8 Å². The zero-order chi connectivity index (χ0) is 17.2. The molecule has 0 aliphatic heterocycles. The molecule has 2 aromatic rings. The van der Waals surface area contributed by atoms with E-state index in [-0.39, 0.29) is 5.97 Å². The van der Waals surface area contributed by atoms with Crippen LogP contribution in [0.2, 0.25) is 0 Å². The first-order valence-electron chi connectivity index (χ1n) is 8.37. The summed E-state index contributed by atoms with van der Waals surface area (Å²) in [6.07, 6.45) is 4.08. The lowest BCUT2D eigenvalue weighted by atomic mass is 10.2. The van der Waals surface area contributed by atoms with E-state index in [0.29, 0.717) is 12.2 Å². The smallest absolute Gasteiger partial charge is 0.338 e. The number of esters is 1. The van der Waals surface area contributed by atoms with E-state index in [2.05, 4.69) is 28.9 Å². The maximum absolute atomic E-state index is 11.7. The summed E-state index contributed by atoms with van der Waals surface area (Å²) in [7, 11) is 0. The Hall–Kier alpha value is -2.62. The molecule has 0 aromatic heterocycles. The zero-order valence-electron chi connectivity index (χ0n) is 14.3. The van der Waals surface area contributed by atoms with E-state index >= 15 is 0 Å². The van der Waals surface area contributed by atoms with Crippen molar-refractivity contribution in [2.75, 3.05) is 18.1 Å². The lowest BCUT2D eigenvalue weighted by Gasteiger charge is -2.19. The van der Waals surface area contributed by atoms with Crippen molar-refractivity contribution >= 4 is 23.7 Å². The number of carbonyl (C=O) groups is 1. The van der Waals surface area contributed by atoms with Crippen molar-refractivity contribution in [2.24, 2.45) is 4.99 Å². The average molecular weight is 324 g/mol. The SMILES string of the molecule is CCCCN(C=Nc1ccc(C(=O)OCC)cc1)c1ccccc1. The van der Waals surface area contributed by atoms with Gasteiger partial charge < -0.3 is 9.64 Å². The lowest BCUT2D eigenvalue weighted by Crippen LogP contribution is -2.22. The molecule has 0 N–H and O–H groups in total. The van der Waals surface area contributed by atoms with Crippen LogP contribution in [-0.2, 0) is 4.74 Å². The fraction of sp³-hybridized carbons (Fsp3) is 0.300. The summed E-state index contributed by atoms with van der Waals surface area (Å²) in [6.45, 7) is 5.27. The highest BCUT2D eigenvalue weighted by molar-refractivity contribution is 5.90. The van der Waals surface area contributed by atoms with Gasteiger partial charge in [0, 0.05) is 12.2 Å². The first-order valence-corrected chi connectivity index (χ1v) is 8.37. The number of ether oxygens (including phenoxy) is 1. The van der Waals surface area contributed by atoms with Gasteiger partial charge in [-0.05, 0) is 49.7 Å². The fourth-order valence-electron chi connectivity index (χ4n) is 2.24. The molecule has 0 saturated carbocycles. The van der Waals surface area contributed by atoms with Gasteiger partial charge in [-0.2, -0.15) is 0 Å². The molecule has 0 atom stereocenters. The minimum atomic E-state index is -0.304. The van der Waals surface area contributed by atoms with Crippen LogP contribution in [0.25, 0.3) is 0 Å². The van der Waals surface area contributed by atoms with Crippen LogP contribution in [-0.4, -0.2) is 25.5 Å². The molecule has 4 nitrogen and oxygen atoms in total. The van der Waals surface area contributed by atoms with Crippen molar-refractivity contribution in [3.05, 3.63) is 60.2 Å². The second-order valence-electron chi connectivity index (χ2n) is 5.39. The van der Waals surface area contributed by atoms with Gasteiger partial charge in [0.15, 0.2) is 0 Å². The van der Waals surface area contributed by atoms with E-state index in [1.807, 2.05) is 36.7 Å². The fourth-order valence-corrected chi connectivity index (χ4v) is 2.24. The van der Waals surface area contributed by atoms with Crippen LogP contribution in [0.15, 0.2) is 59.6 Å². The minimum Gasteiger partial charge on any atom is -0.462 e. The van der Waals surface area contributed by atoms with Crippen molar-refractivity contribution in [2.45, 2.75) is 26.7 Å². The Morgan fingerprint density at radius 3 is 2.42 bits per heavy atom. The van der Waals surface area contributed by atoms with Gasteiger partial charge in [-0.1, -0.05) is 31.5 Å². The molecule has 0 fully saturated rings. The Bertz CT molecular complexity index is 651. The molecule has 2 rings (SSSR count). The maximum Gasteiger partial charge on any atom is 0.338 e. The van der Waals surface area contributed by atoms with Crippen molar-refractivity contribution in [3.8, 4) is 0 Å². The highest BCUT2D eigenvalue weighted by atomic mass is 16.5. The van der Waals surface area contributed by atoms with Crippen molar-refractivity contribution in [1.82, 2.24) is 0 Å².